The van der Waals surface area contributed by atoms with Gasteiger partial charge in [0.2, 0.25) is 0 Å². The van der Waals surface area contributed by atoms with Crippen molar-refractivity contribution in [3.8, 4) is 5.75 Å². The minimum atomic E-state index is -0.642. The molecular formula is C18H26NOP. The lowest BCUT2D eigenvalue weighted by Crippen LogP contribution is -2.27. The predicted octanol–water partition coefficient (Wildman–Crippen LogP) is 5.92. The van der Waals surface area contributed by atoms with E-state index >= 15 is 0 Å². The van der Waals surface area contributed by atoms with Gasteiger partial charge in [0, 0.05) is 21.4 Å². The van der Waals surface area contributed by atoms with Crippen LogP contribution in [0.2, 0.25) is 0 Å². The molecule has 1 aromatic carbocycles. The summed E-state index contributed by atoms with van der Waals surface area (Å²) in [6.07, 6.45) is 0. The van der Waals surface area contributed by atoms with Crippen LogP contribution in [0, 0.1) is 6.92 Å². The van der Waals surface area contributed by atoms with Gasteiger partial charge >= 0.3 is 0 Å². The summed E-state index contributed by atoms with van der Waals surface area (Å²) in [7, 11) is -0.642. The number of aromatic nitrogens is 1. The number of hydrogen-bond acceptors (Lipinski definition) is 2. The number of para-hydroxylation sites is 1. The van der Waals surface area contributed by atoms with Crippen LogP contribution in [-0.2, 0) is 0 Å². The Bertz CT molecular complexity index is 624. The molecular weight excluding hydrogens is 277 g/mol. The normalized spacial score (nSPS) is 13.0. The second-order valence-electron chi connectivity index (χ2n) is 7.51. The lowest BCUT2D eigenvalue weighted by atomic mass is 10.2. The summed E-state index contributed by atoms with van der Waals surface area (Å²) >= 11 is 0. The molecule has 114 valence electrons. The Morgan fingerprint density at radius 3 is 2.10 bits per heavy atom. The van der Waals surface area contributed by atoms with Crippen LogP contribution in [0.25, 0.3) is 10.9 Å². The van der Waals surface area contributed by atoms with Gasteiger partial charge in [-0.25, -0.2) is 4.98 Å². The van der Waals surface area contributed by atoms with E-state index in [0.717, 1.165) is 22.3 Å². The molecule has 0 amide bonds. The Morgan fingerprint density at radius 1 is 0.905 bits per heavy atom. The molecule has 21 heavy (non-hydrogen) atoms. The topological polar surface area (TPSA) is 22.1 Å². The van der Waals surface area contributed by atoms with Crippen LogP contribution in [0.1, 0.15) is 47.2 Å². The van der Waals surface area contributed by atoms with E-state index in [2.05, 4.69) is 58.7 Å². The second kappa shape index (κ2) is 5.57. The Kier molecular flexibility index (Phi) is 4.31. The molecule has 0 aliphatic heterocycles. The van der Waals surface area contributed by atoms with Crippen LogP contribution in [0.15, 0.2) is 30.3 Å². The van der Waals surface area contributed by atoms with Crippen molar-refractivity contribution >= 4 is 19.1 Å². The van der Waals surface area contributed by atoms with Gasteiger partial charge in [0.25, 0.3) is 0 Å². The molecule has 0 aliphatic carbocycles. The third kappa shape index (κ3) is 3.74. The molecule has 2 aromatic rings. The molecule has 1 aromatic heterocycles. The monoisotopic (exact) mass is 303 g/mol. The van der Waals surface area contributed by atoms with E-state index in [1.165, 1.54) is 0 Å². The summed E-state index contributed by atoms with van der Waals surface area (Å²) in [5.74, 6) is 0.909. The number of aryl methyl sites for hydroxylation is 1. The van der Waals surface area contributed by atoms with E-state index in [1.807, 2.05) is 25.1 Å². The highest BCUT2D eigenvalue weighted by molar-refractivity contribution is 7.56. The van der Waals surface area contributed by atoms with Crippen molar-refractivity contribution < 1.29 is 4.52 Å². The van der Waals surface area contributed by atoms with E-state index in [0.29, 0.717) is 0 Å². The smallest absolute Gasteiger partial charge is 0.149 e. The van der Waals surface area contributed by atoms with Gasteiger partial charge in [0.05, 0.1) is 8.15 Å². The van der Waals surface area contributed by atoms with E-state index in [-0.39, 0.29) is 10.3 Å². The zero-order valence-corrected chi connectivity index (χ0v) is 15.1. The number of fused-ring (bicyclic) bond motifs is 1. The van der Waals surface area contributed by atoms with Crippen molar-refractivity contribution in [2.24, 2.45) is 0 Å². The largest absolute Gasteiger partial charge is 0.471 e. The molecule has 0 radical (unpaired) electrons. The highest BCUT2D eigenvalue weighted by Crippen LogP contribution is 2.60. The summed E-state index contributed by atoms with van der Waals surface area (Å²) in [6.45, 7) is 15.6. The third-order valence-corrected chi connectivity index (χ3v) is 6.05. The molecule has 0 bridgehead atoms. The van der Waals surface area contributed by atoms with Crippen molar-refractivity contribution in [3.63, 3.8) is 0 Å². The molecule has 0 atom stereocenters. The van der Waals surface area contributed by atoms with Crippen LogP contribution in [0.4, 0.5) is 0 Å². The molecule has 1 heterocycles. The van der Waals surface area contributed by atoms with Gasteiger partial charge in [0.15, 0.2) is 0 Å². The second-order valence-corrected chi connectivity index (χ2v) is 11.0. The van der Waals surface area contributed by atoms with Gasteiger partial charge in [-0.1, -0.05) is 59.7 Å². The van der Waals surface area contributed by atoms with Gasteiger partial charge < -0.3 is 4.52 Å². The van der Waals surface area contributed by atoms with Crippen molar-refractivity contribution in [1.29, 1.82) is 0 Å². The summed E-state index contributed by atoms with van der Waals surface area (Å²) in [5, 5.41) is 1.38. The Balaban J connectivity index is 2.49. The number of rotatable bonds is 2. The van der Waals surface area contributed by atoms with Crippen molar-refractivity contribution in [1.82, 2.24) is 4.98 Å². The zero-order valence-electron chi connectivity index (χ0n) is 14.2. The molecule has 0 saturated heterocycles. The fraction of sp³-hybridized carbons (Fsp3) is 0.500. The Morgan fingerprint density at radius 2 is 1.52 bits per heavy atom. The zero-order chi connectivity index (χ0) is 15.8. The van der Waals surface area contributed by atoms with Crippen LogP contribution >= 0.6 is 8.15 Å². The third-order valence-electron chi connectivity index (χ3n) is 3.23. The number of benzene rings is 1. The molecule has 0 N–H and O–H groups in total. The van der Waals surface area contributed by atoms with E-state index in [4.69, 9.17) is 4.52 Å². The minimum Gasteiger partial charge on any atom is -0.471 e. The molecule has 0 saturated carbocycles. The minimum absolute atomic E-state index is 0.125. The molecule has 2 nitrogen and oxygen atoms in total. The Hall–Kier alpha value is -1.14. The van der Waals surface area contributed by atoms with Gasteiger partial charge in [-0.05, 0) is 19.1 Å². The average molecular weight is 303 g/mol. The summed E-state index contributed by atoms with van der Waals surface area (Å²) in [4.78, 5) is 4.68. The predicted molar refractivity (Wildman–Crippen MR) is 93.5 cm³/mol. The molecule has 3 heteroatoms. The summed E-state index contributed by atoms with van der Waals surface area (Å²) < 4.78 is 6.51. The summed E-state index contributed by atoms with van der Waals surface area (Å²) in [6, 6.07) is 10.3. The maximum Gasteiger partial charge on any atom is 0.149 e. The first-order valence-electron chi connectivity index (χ1n) is 7.44. The van der Waals surface area contributed by atoms with Gasteiger partial charge in [-0.2, -0.15) is 0 Å². The maximum atomic E-state index is 6.51. The van der Waals surface area contributed by atoms with Crippen molar-refractivity contribution in [2.75, 3.05) is 0 Å². The van der Waals surface area contributed by atoms with Gasteiger partial charge in [-0.15, -0.1) is 0 Å². The molecule has 0 spiro atoms. The molecule has 2 rings (SSSR count). The maximum absolute atomic E-state index is 6.51. The first-order chi connectivity index (χ1) is 9.59. The van der Waals surface area contributed by atoms with Crippen molar-refractivity contribution in [3.05, 3.63) is 36.0 Å². The number of pyridine rings is 1. The fourth-order valence-electron chi connectivity index (χ4n) is 2.67. The lowest BCUT2D eigenvalue weighted by molar-refractivity contribution is 0.536. The summed E-state index contributed by atoms with van der Waals surface area (Å²) in [5.41, 5.74) is 1.99. The molecule has 0 fully saturated rings. The quantitative estimate of drug-likeness (QED) is 0.643. The highest BCUT2D eigenvalue weighted by atomic mass is 31.1. The fourth-order valence-corrected chi connectivity index (χ4v) is 5.57. The van der Waals surface area contributed by atoms with Gasteiger partial charge in [-0.3, -0.25) is 0 Å². The first kappa shape index (κ1) is 16.2. The van der Waals surface area contributed by atoms with Crippen LogP contribution in [-0.4, -0.2) is 15.3 Å². The van der Waals surface area contributed by atoms with E-state index in [1.54, 1.807) is 0 Å². The number of hydrogen-bond donors (Lipinski definition) is 0. The average Bonchev–Trinajstić information content (AvgIpc) is 2.33. The van der Waals surface area contributed by atoms with E-state index < -0.39 is 8.15 Å². The molecule has 0 unspecified atom stereocenters. The Labute approximate surface area is 129 Å². The molecule has 0 aliphatic rings. The van der Waals surface area contributed by atoms with Crippen LogP contribution in [0.5, 0.6) is 5.75 Å². The highest BCUT2D eigenvalue weighted by Gasteiger charge is 2.37. The van der Waals surface area contributed by atoms with Crippen LogP contribution in [0.3, 0.4) is 0 Å². The SMILES string of the molecule is Cc1ccc2cccc(OP(C(C)(C)C)C(C)(C)C)c2n1. The van der Waals surface area contributed by atoms with Crippen LogP contribution < -0.4 is 4.52 Å². The van der Waals surface area contributed by atoms with E-state index in [9.17, 15) is 0 Å². The van der Waals surface area contributed by atoms with Crippen molar-refractivity contribution in [2.45, 2.75) is 58.8 Å². The standard InChI is InChI=1S/C18H26NOP/c1-13-11-12-14-9-8-10-15(16(14)19-13)20-21(17(2,3)4)18(5,6)7/h8-12H,1-7H3. The lowest BCUT2D eigenvalue weighted by Gasteiger charge is -2.39. The number of nitrogens with zero attached hydrogens (tertiary/aromatic N) is 1. The first-order valence-corrected chi connectivity index (χ1v) is 8.70. The van der Waals surface area contributed by atoms with Gasteiger partial charge in [0.1, 0.15) is 11.3 Å².